The van der Waals surface area contributed by atoms with E-state index in [9.17, 15) is 0 Å². The zero-order chi connectivity index (χ0) is 12.3. The molecular weight excluding hydrogens is 228 g/mol. The summed E-state index contributed by atoms with van der Waals surface area (Å²) in [4.78, 5) is 2.42. The first-order valence-corrected chi connectivity index (χ1v) is 7.44. The van der Waals surface area contributed by atoms with E-state index >= 15 is 0 Å². The molecule has 1 atom stereocenters. The third-order valence-corrected chi connectivity index (χ3v) is 5.28. The average Bonchev–Trinajstić information content (AvgIpc) is 3.12. The van der Waals surface area contributed by atoms with Gasteiger partial charge in [0.05, 0.1) is 0 Å². The predicted molar refractivity (Wildman–Crippen MR) is 76.2 cm³/mol. The molecule has 1 aliphatic rings. The molecule has 0 heterocycles. The van der Waals surface area contributed by atoms with Gasteiger partial charge in [0.2, 0.25) is 0 Å². The monoisotopic (exact) mass is 250 g/mol. The number of thioether (sulfide) groups is 1. The van der Waals surface area contributed by atoms with Crippen LogP contribution in [0.3, 0.4) is 0 Å². The van der Waals surface area contributed by atoms with Crippen LogP contribution in [0, 0.1) is 0 Å². The Hall–Kier alpha value is -0.510. The van der Waals surface area contributed by atoms with Crippen LogP contribution in [-0.2, 0) is 6.54 Å². The summed E-state index contributed by atoms with van der Waals surface area (Å²) in [5.74, 6) is 0. The van der Waals surface area contributed by atoms with Crippen molar-refractivity contribution in [3.05, 3.63) is 35.9 Å². The summed E-state index contributed by atoms with van der Waals surface area (Å²) in [5.41, 5.74) is 7.34. The van der Waals surface area contributed by atoms with Gasteiger partial charge >= 0.3 is 0 Å². The van der Waals surface area contributed by atoms with Gasteiger partial charge in [-0.25, -0.2) is 0 Å². The second-order valence-corrected chi connectivity index (χ2v) is 6.14. The fourth-order valence-electron chi connectivity index (χ4n) is 2.57. The average molecular weight is 250 g/mol. The number of rotatable bonds is 6. The Morgan fingerprint density at radius 3 is 2.47 bits per heavy atom. The van der Waals surface area contributed by atoms with Crippen LogP contribution in [0.2, 0.25) is 0 Å². The molecular formula is C14H22N2S. The Kier molecular flexibility index (Phi) is 4.13. The van der Waals surface area contributed by atoms with E-state index in [0.717, 1.165) is 13.1 Å². The van der Waals surface area contributed by atoms with Gasteiger partial charge in [0.25, 0.3) is 0 Å². The normalized spacial score (nSPS) is 19.3. The lowest BCUT2D eigenvalue weighted by Crippen LogP contribution is -2.46. The van der Waals surface area contributed by atoms with Crippen molar-refractivity contribution < 1.29 is 0 Å². The summed E-state index contributed by atoms with van der Waals surface area (Å²) in [5, 5.41) is 0. The molecule has 1 saturated carbocycles. The van der Waals surface area contributed by atoms with Crippen molar-refractivity contribution in [2.75, 3.05) is 19.8 Å². The Morgan fingerprint density at radius 1 is 1.35 bits per heavy atom. The predicted octanol–water partition coefficient (Wildman–Crippen LogP) is 2.34. The number of benzene rings is 1. The Morgan fingerprint density at radius 2 is 2.00 bits per heavy atom. The number of nitrogens with zero attached hydrogens (tertiary/aromatic N) is 1. The molecule has 0 spiro atoms. The van der Waals surface area contributed by atoms with Gasteiger partial charge in [-0.1, -0.05) is 30.3 Å². The summed E-state index contributed by atoms with van der Waals surface area (Å²) < 4.78 is 0.429. The van der Waals surface area contributed by atoms with Crippen LogP contribution >= 0.6 is 11.8 Å². The lowest BCUT2D eigenvalue weighted by Gasteiger charge is -2.33. The highest BCUT2D eigenvalue weighted by atomic mass is 32.2. The molecule has 3 heteroatoms. The first-order chi connectivity index (χ1) is 8.22. The Labute approximate surface area is 109 Å². The zero-order valence-corrected chi connectivity index (χ0v) is 11.5. The van der Waals surface area contributed by atoms with E-state index in [0.29, 0.717) is 10.8 Å². The van der Waals surface area contributed by atoms with Crippen LogP contribution in [0.1, 0.15) is 18.4 Å². The molecule has 1 aliphatic carbocycles. The van der Waals surface area contributed by atoms with E-state index in [2.05, 4.69) is 48.5 Å². The van der Waals surface area contributed by atoms with Crippen molar-refractivity contribution in [1.29, 1.82) is 0 Å². The largest absolute Gasteiger partial charge is 0.329 e. The van der Waals surface area contributed by atoms with Crippen LogP contribution in [0.25, 0.3) is 0 Å². The SMILES string of the molecule is CSC1(C(CN)N(C)Cc2ccccc2)CC1. The van der Waals surface area contributed by atoms with Gasteiger partial charge in [0, 0.05) is 23.9 Å². The highest BCUT2D eigenvalue weighted by Gasteiger charge is 2.49. The van der Waals surface area contributed by atoms with Crippen LogP contribution < -0.4 is 5.73 Å². The van der Waals surface area contributed by atoms with E-state index in [1.54, 1.807) is 0 Å². The molecule has 1 fully saturated rings. The van der Waals surface area contributed by atoms with Gasteiger partial charge in [0.1, 0.15) is 0 Å². The van der Waals surface area contributed by atoms with Crippen molar-refractivity contribution in [2.24, 2.45) is 5.73 Å². The second-order valence-electron chi connectivity index (χ2n) is 4.92. The quantitative estimate of drug-likeness (QED) is 0.840. The van der Waals surface area contributed by atoms with E-state index in [-0.39, 0.29) is 0 Å². The van der Waals surface area contributed by atoms with Crippen LogP contribution in [-0.4, -0.2) is 35.5 Å². The number of likely N-dealkylation sites (N-methyl/N-ethyl adjacent to an activating group) is 1. The summed E-state index contributed by atoms with van der Waals surface area (Å²) in [6, 6.07) is 11.1. The van der Waals surface area contributed by atoms with Gasteiger partial charge in [-0.15, -0.1) is 0 Å². The molecule has 1 unspecified atom stereocenters. The Balaban J connectivity index is 2.01. The van der Waals surface area contributed by atoms with E-state index < -0.39 is 0 Å². The number of nitrogens with two attached hydrogens (primary N) is 1. The molecule has 2 rings (SSSR count). The van der Waals surface area contributed by atoms with Crippen molar-refractivity contribution in [1.82, 2.24) is 4.90 Å². The molecule has 1 aromatic rings. The maximum atomic E-state index is 5.97. The fraction of sp³-hybridized carbons (Fsp3) is 0.571. The highest BCUT2D eigenvalue weighted by Crippen LogP contribution is 2.51. The first-order valence-electron chi connectivity index (χ1n) is 6.21. The van der Waals surface area contributed by atoms with E-state index in [1.807, 2.05) is 11.8 Å². The van der Waals surface area contributed by atoms with Crippen molar-refractivity contribution in [3.8, 4) is 0 Å². The molecule has 94 valence electrons. The van der Waals surface area contributed by atoms with E-state index in [4.69, 9.17) is 5.73 Å². The van der Waals surface area contributed by atoms with E-state index in [1.165, 1.54) is 18.4 Å². The standard InChI is InChI=1S/C14H22N2S/c1-16(11-12-6-4-3-5-7-12)13(10-15)14(17-2)8-9-14/h3-7,13H,8-11,15H2,1-2H3. The van der Waals surface area contributed by atoms with Crippen molar-refractivity contribution in [3.63, 3.8) is 0 Å². The van der Waals surface area contributed by atoms with Crippen LogP contribution in [0.4, 0.5) is 0 Å². The maximum Gasteiger partial charge on any atom is 0.0365 e. The lowest BCUT2D eigenvalue weighted by molar-refractivity contribution is 0.227. The third kappa shape index (κ3) is 2.84. The van der Waals surface area contributed by atoms with Crippen molar-refractivity contribution in [2.45, 2.75) is 30.2 Å². The molecule has 0 amide bonds. The fourth-order valence-corrected chi connectivity index (χ4v) is 3.63. The summed E-state index contributed by atoms with van der Waals surface area (Å²) in [6.45, 7) is 1.75. The zero-order valence-electron chi connectivity index (χ0n) is 10.7. The smallest absolute Gasteiger partial charge is 0.0365 e. The molecule has 0 bridgehead atoms. The number of hydrogen-bond donors (Lipinski definition) is 1. The molecule has 0 radical (unpaired) electrons. The van der Waals surface area contributed by atoms with Gasteiger partial charge < -0.3 is 5.73 Å². The van der Waals surface area contributed by atoms with Crippen LogP contribution in [0.15, 0.2) is 30.3 Å². The van der Waals surface area contributed by atoms with Gasteiger partial charge in [0.15, 0.2) is 0 Å². The highest BCUT2D eigenvalue weighted by molar-refractivity contribution is 8.00. The third-order valence-electron chi connectivity index (χ3n) is 3.79. The number of hydrogen-bond acceptors (Lipinski definition) is 3. The minimum Gasteiger partial charge on any atom is -0.329 e. The molecule has 2 N–H and O–H groups in total. The lowest BCUT2D eigenvalue weighted by atomic mass is 10.1. The molecule has 0 aromatic heterocycles. The summed E-state index contributed by atoms with van der Waals surface area (Å²) in [7, 11) is 2.20. The molecule has 0 aliphatic heterocycles. The molecule has 0 saturated heterocycles. The second kappa shape index (κ2) is 5.42. The maximum absolute atomic E-state index is 5.97. The molecule has 1 aromatic carbocycles. The summed E-state index contributed by atoms with van der Waals surface area (Å²) in [6.07, 6.45) is 4.84. The minimum absolute atomic E-state index is 0.429. The first kappa shape index (κ1) is 12.9. The van der Waals surface area contributed by atoms with Gasteiger partial charge in [-0.2, -0.15) is 11.8 Å². The summed E-state index contributed by atoms with van der Waals surface area (Å²) >= 11 is 1.99. The molecule has 17 heavy (non-hydrogen) atoms. The van der Waals surface area contributed by atoms with Crippen LogP contribution in [0.5, 0.6) is 0 Å². The topological polar surface area (TPSA) is 29.3 Å². The van der Waals surface area contributed by atoms with Gasteiger partial charge in [-0.05, 0) is 31.7 Å². The van der Waals surface area contributed by atoms with Crippen molar-refractivity contribution >= 4 is 11.8 Å². The van der Waals surface area contributed by atoms with Gasteiger partial charge in [-0.3, -0.25) is 4.90 Å². The minimum atomic E-state index is 0.429. The Bertz CT molecular complexity index is 348. The molecule has 2 nitrogen and oxygen atoms in total.